The highest BCUT2D eigenvalue weighted by molar-refractivity contribution is 5.60. The molecule has 0 aliphatic carbocycles. The third-order valence-corrected chi connectivity index (χ3v) is 2.84. The summed E-state index contributed by atoms with van der Waals surface area (Å²) >= 11 is 0. The van der Waals surface area contributed by atoms with Crippen LogP contribution in [0.3, 0.4) is 0 Å². The smallest absolute Gasteiger partial charge is 0.245 e. The molecular formula is C15H18N4O2. The van der Waals surface area contributed by atoms with Gasteiger partial charge in [0.2, 0.25) is 5.89 Å². The van der Waals surface area contributed by atoms with Crippen molar-refractivity contribution < 1.29 is 9.26 Å². The molecule has 0 unspecified atom stereocenters. The van der Waals surface area contributed by atoms with E-state index in [9.17, 15) is 0 Å². The van der Waals surface area contributed by atoms with Crippen molar-refractivity contribution in [1.82, 2.24) is 10.1 Å². The Labute approximate surface area is 123 Å². The molecule has 0 aliphatic heterocycles. The van der Waals surface area contributed by atoms with E-state index in [2.05, 4.69) is 21.5 Å². The van der Waals surface area contributed by atoms with Crippen molar-refractivity contribution in [3.8, 4) is 11.8 Å². The van der Waals surface area contributed by atoms with Gasteiger partial charge in [-0.15, -0.1) is 0 Å². The van der Waals surface area contributed by atoms with E-state index in [-0.39, 0.29) is 5.92 Å². The summed E-state index contributed by atoms with van der Waals surface area (Å²) in [5.41, 5.74) is 1.30. The summed E-state index contributed by atoms with van der Waals surface area (Å²) < 4.78 is 10.7. The number of nitrogens with one attached hydrogen (secondary N) is 1. The number of nitrogens with zero attached hydrogens (tertiary/aromatic N) is 3. The van der Waals surface area contributed by atoms with E-state index in [1.54, 1.807) is 18.2 Å². The van der Waals surface area contributed by atoms with E-state index >= 15 is 0 Å². The molecule has 1 aromatic heterocycles. The highest BCUT2D eigenvalue weighted by atomic mass is 16.5. The van der Waals surface area contributed by atoms with Crippen LogP contribution in [0.4, 0.5) is 5.69 Å². The van der Waals surface area contributed by atoms with Crippen molar-refractivity contribution in [2.45, 2.75) is 33.2 Å². The summed E-state index contributed by atoms with van der Waals surface area (Å²) in [5, 5.41) is 16.1. The van der Waals surface area contributed by atoms with Gasteiger partial charge in [0.05, 0.1) is 30.5 Å². The van der Waals surface area contributed by atoms with E-state index in [1.165, 1.54) is 0 Å². The number of benzene rings is 1. The van der Waals surface area contributed by atoms with E-state index in [0.717, 1.165) is 5.69 Å². The fourth-order valence-electron chi connectivity index (χ4n) is 1.76. The number of aromatic nitrogens is 2. The summed E-state index contributed by atoms with van der Waals surface area (Å²) in [6, 6.07) is 7.35. The molecule has 0 saturated heterocycles. The molecule has 1 aromatic carbocycles. The molecule has 0 fully saturated rings. The maximum atomic E-state index is 8.97. The summed E-state index contributed by atoms with van der Waals surface area (Å²) in [6.45, 7) is 6.86. The third kappa shape index (κ3) is 3.72. The first-order valence-corrected chi connectivity index (χ1v) is 6.87. The number of nitriles is 1. The highest BCUT2D eigenvalue weighted by Crippen LogP contribution is 2.26. The second kappa shape index (κ2) is 6.75. The first-order valence-electron chi connectivity index (χ1n) is 6.87. The van der Waals surface area contributed by atoms with E-state index in [1.807, 2.05) is 20.8 Å². The number of rotatable bonds is 6. The molecule has 0 atom stereocenters. The largest absolute Gasteiger partial charge is 0.492 e. The lowest BCUT2D eigenvalue weighted by Gasteiger charge is -2.11. The van der Waals surface area contributed by atoms with Crippen LogP contribution in [0.5, 0.6) is 5.75 Å². The van der Waals surface area contributed by atoms with Gasteiger partial charge in [-0.25, -0.2) is 0 Å². The standard InChI is InChI=1S/C15H18N4O2/c1-4-20-13-6-5-11(8-16)7-12(13)17-9-14-18-15(10(2)3)19-21-14/h5-7,10,17H,4,9H2,1-3H3. The van der Waals surface area contributed by atoms with Crippen LogP contribution in [-0.2, 0) is 6.54 Å². The molecule has 0 bridgehead atoms. The molecule has 0 amide bonds. The molecular weight excluding hydrogens is 268 g/mol. The second-order valence-electron chi connectivity index (χ2n) is 4.81. The van der Waals surface area contributed by atoms with Crippen LogP contribution in [-0.4, -0.2) is 16.7 Å². The van der Waals surface area contributed by atoms with Crippen LogP contribution in [0, 0.1) is 11.3 Å². The summed E-state index contributed by atoms with van der Waals surface area (Å²) in [7, 11) is 0. The Hall–Kier alpha value is -2.55. The lowest BCUT2D eigenvalue weighted by atomic mass is 10.2. The summed E-state index contributed by atoms with van der Waals surface area (Å²) in [5.74, 6) is 2.11. The number of hydrogen-bond acceptors (Lipinski definition) is 6. The molecule has 110 valence electrons. The maximum absolute atomic E-state index is 8.97. The van der Waals surface area contributed by atoms with Gasteiger partial charge in [0.15, 0.2) is 5.82 Å². The van der Waals surface area contributed by atoms with Crippen molar-refractivity contribution in [3.05, 3.63) is 35.5 Å². The zero-order chi connectivity index (χ0) is 15.2. The van der Waals surface area contributed by atoms with E-state index < -0.39 is 0 Å². The van der Waals surface area contributed by atoms with Crippen molar-refractivity contribution in [3.63, 3.8) is 0 Å². The van der Waals surface area contributed by atoms with Gasteiger partial charge in [-0.05, 0) is 25.1 Å². The minimum absolute atomic E-state index is 0.225. The normalized spacial score (nSPS) is 10.4. The van der Waals surface area contributed by atoms with Gasteiger partial charge in [-0.3, -0.25) is 0 Å². The average Bonchev–Trinajstić information content (AvgIpc) is 2.95. The van der Waals surface area contributed by atoms with E-state index in [4.69, 9.17) is 14.5 Å². The van der Waals surface area contributed by atoms with Gasteiger partial charge in [-0.1, -0.05) is 19.0 Å². The Morgan fingerprint density at radius 1 is 1.43 bits per heavy atom. The Balaban J connectivity index is 2.12. The van der Waals surface area contributed by atoms with E-state index in [0.29, 0.717) is 36.2 Å². The van der Waals surface area contributed by atoms with Crippen molar-refractivity contribution in [2.24, 2.45) is 0 Å². The fourth-order valence-corrected chi connectivity index (χ4v) is 1.76. The van der Waals surface area contributed by atoms with Crippen LogP contribution >= 0.6 is 0 Å². The van der Waals surface area contributed by atoms with Crippen LogP contribution in [0.2, 0.25) is 0 Å². The number of hydrogen-bond donors (Lipinski definition) is 1. The lowest BCUT2D eigenvalue weighted by molar-refractivity contribution is 0.341. The molecule has 2 aromatic rings. The molecule has 0 aliphatic rings. The zero-order valence-electron chi connectivity index (χ0n) is 12.4. The molecule has 2 rings (SSSR count). The van der Waals surface area contributed by atoms with Crippen molar-refractivity contribution in [1.29, 1.82) is 5.26 Å². The molecule has 6 nitrogen and oxygen atoms in total. The van der Waals surface area contributed by atoms with Crippen LogP contribution < -0.4 is 10.1 Å². The zero-order valence-corrected chi connectivity index (χ0v) is 12.4. The monoisotopic (exact) mass is 286 g/mol. The minimum Gasteiger partial charge on any atom is -0.492 e. The maximum Gasteiger partial charge on any atom is 0.245 e. The molecule has 1 heterocycles. The lowest BCUT2D eigenvalue weighted by Crippen LogP contribution is -2.03. The molecule has 0 saturated carbocycles. The SMILES string of the molecule is CCOc1ccc(C#N)cc1NCc1nc(C(C)C)no1. The van der Waals surface area contributed by atoms with Gasteiger partial charge in [0.25, 0.3) is 0 Å². The Morgan fingerprint density at radius 3 is 2.86 bits per heavy atom. The second-order valence-corrected chi connectivity index (χ2v) is 4.81. The predicted octanol–water partition coefficient (Wildman–Crippen LogP) is 3.08. The number of ether oxygens (including phenoxy) is 1. The van der Waals surface area contributed by atoms with Gasteiger partial charge in [0.1, 0.15) is 5.75 Å². The minimum atomic E-state index is 0.225. The van der Waals surface area contributed by atoms with Crippen LogP contribution in [0.1, 0.15) is 44.0 Å². The Bertz CT molecular complexity index is 643. The average molecular weight is 286 g/mol. The van der Waals surface area contributed by atoms with Crippen LogP contribution in [0.15, 0.2) is 22.7 Å². The topological polar surface area (TPSA) is 84.0 Å². The van der Waals surface area contributed by atoms with Gasteiger partial charge in [0, 0.05) is 5.92 Å². The van der Waals surface area contributed by atoms with Crippen LogP contribution in [0.25, 0.3) is 0 Å². The molecule has 1 N–H and O–H groups in total. The third-order valence-electron chi connectivity index (χ3n) is 2.84. The fraction of sp³-hybridized carbons (Fsp3) is 0.400. The molecule has 0 spiro atoms. The summed E-state index contributed by atoms with van der Waals surface area (Å²) in [6.07, 6.45) is 0. The van der Waals surface area contributed by atoms with Crippen molar-refractivity contribution in [2.75, 3.05) is 11.9 Å². The first kappa shape index (κ1) is 14.9. The number of anilines is 1. The first-order chi connectivity index (χ1) is 10.1. The highest BCUT2D eigenvalue weighted by Gasteiger charge is 2.11. The van der Waals surface area contributed by atoms with Crippen molar-refractivity contribution >= 4 is 5.69 Å². The summed E-state index contributed by atoms with van der Waals surface area (Å²) in [4.78, 5) is 4.30. The van der Waals surface area contributed by atoms with Gasteiger partial charge in [-0.2, -0.15) is 10.2 Å². The Kier molecular flexibility index (Phi) is 4.77. The molecule has 21 heavy (non-hydrogen) atoms. The molecule has 0 radical (unpaired) electrons. The Morgan fingerprint density at radius 2 is 2.24 bits per heavy atom. The van der Waals surface area contributed by atoms with Gasteiger partial charge < -0.3 is 14.6 Å². The predicted molar refractivity (Wildman–Crippen MR) is 78.0 cm³/mol. The molecule has 6 heteroatoms. The quantitative estimate of drug-likeness (QED) is 0.878. The van der Waals surface area contributed by atoms with Gasteiger partial charge >= 0.3 is 0 Å².